The highest BCUT2D eigenvalue weighted by Gasteiger charge is 2.49. The molecule has 1 heterocycles. The highest BCUT2D eigenvalue weighted by molar-refractivity contribution is 6.00. The molecule has 4 rings (SSSR count). The van der Waals surface area contributed by atoms with E-state index in [0.717, 1.165) is 11.3 Å². The number of hydrogen-bond donors (Lipinski definition) is 0. The molecule has 2 aromatic rings. The van der Waals surface area contributed by atoms with Gasteiger partial charge in [-0.05, 0) is 71.4 Å². The van der Waals surface area contributed by atoms with E-state index < -0.39 is 28.8 Å². The third-order valence-electron chi connectivity index (χ3n) is 6.45. The van der Waals surface area contributed by atoms with Crippen molar-refractivity contribution in [1.82, 2.24) is 9.13 Å². The molecule has 9 heteroatoms. The predicted octanol–water partition coefficient (Wildman–Crippen LogP) is 4.82. The van der Waals surface area contributed by atoms with Crippen LogP contribution in [0.25, 0.3) is 0 Å². The number of carbonyl (C=O) groups excluding carboxylic acids is 3. The Morgan fingerprint density at radius 1 is 0.974 bits per heavy atom. The van der Waals surface area contributed by atoms with Crippen LogP contribution >= 0.6 is 0 Å². The summed E-state index contributed by atoms with van der Waals surface area (Å²) in [5, 5.41) is 0. The molecule has 1 aromatic carbocycles. The Morgan fingerprint density at radius 3 is 2.08 bits per heavy atom. The molecular formula is C29H35N3O6. The van der Waals surface area contributed by atoms with E-state index >= 15 is 0 Å². The van der Waals surface area contributed by atoms with Gasteiger partial charge in [-0.15, -0.1) is 4.99 Å². The van der Waals surface area contributed by atoms with Crippen LogP contribution in [-0.4, -0.2) is 45.4 Å². The molecule has 0 fully saturated rings. The Balaban J connectivity index is 2.00. The molecule has 9 nitrogen and oxygen atoms in total. The number of nitrogens with zero attached hydrogens (tertiary/aromatic N) is 3. The molecule has 0 bridgehead atoms. The predicted molar refractivity (Wildman–Crippen MR) is 141 cm³/mol. The summed E-state index contributed by atoms with van der Waals surface area (Å²) in [6.07, 6.45) is 5.92. The van der Waals surface area contributed by atoms with Crippen LogP contribution in [0.2, 0.25) is 0 Å². The van der Waals surface area contributed by atoms with Gasteiger partial charge in [0.05, 0.1) is 12.8 Å². The van der Waals surface area contributed by atoms with Crippen molar-refractivity contribution in [3.8, 4) is 5.75 Å². The lowest BCUT2D eigenvalue weighted by Crippen LogP contribution is -2.39. The van der Waals surface area contributed by atoms with E-state index in [-0.39, 0.29) is 17.3 Å². The number of allylic oxidation sites excluding steroid dienone is 4. The van der Waals surface area contributed by atoms with Gasteiger partial charge in [-0.2, -0.15) is 0 Å². The highest BCUT2D eigenvalue weighted by Crippen LogP contribution is 2.53. The molecule has 1 unspecified atom stereocenters. The normalized spacial score (nSPS) is 18.6. The van der Waals surface area contributed by atoms with Crippen LogP contribution in [0.5, 0.6) is 5.75 Å². The fourth-order valence-electron chi connectivity index (χ4n) is 4.97. The lowest BCUT2D eigenvalue weighted by molar-refractivity contribution is -0.110. The minimum absolute atomic E-state index is 0.0966. The van der Waals surface area contributed by atoms with Gasteiger partial charge in [0.25, 0.3) is 0 Å². The van der Waals surface area contributed by atoms with Gasteiger partial charge in [-0.1, -0.05) is 24.3 Å². The number of ether oxygens (including phenoxy) is 3. The van der Waals surface area contributed by atoms with E-state index in [1.54, 1.807) is 72.4 Å². The summed E-state index contributed by atoms with van der Waals surface area (Å²) in [6, 6.07) is 7.59. The first-order valence-corrected chi connectivity index (χ1v) is 12.5. The quantitative estimate of drug-likeness (QED) is 0.561. The second-order valence-corrected chi connectivity index (χ2v) is 11.7. The van der Waals surface area contributed by atoms with Gasteiger partial charge in [0.2, 0.25) is 5.62 Å². The summed E-state index contributed by atoms with van der Waals surface area (Å²) in [5.41, 5.74) is 0.274. The zero-order valence-corrected chi connectivity index (χ0v) is 23.2. The van der Waals surface area contributed by atoms with Crippen LogP contribution in [0.3, 0.4) is 0 Å². The Labute approximate surface area is 222 Å². The number of aromatic nitrogens is 2. The minimum atomic E-state index is -0.812. The van der Waals surface area contributed by atoms with Gasteiger partial charge >= 0.3 is 12.2 Å². The lowest BCUT2D eigenvalue weighted by atomic mass is 9.71. The average Bonchev–Trinajstić information content (AvgIpc) is 3.24. The maximum atomic E-state index is 13.7. The summed E-state index contributed by atoms with van der Waals surface area (Å²) in [7, 11) is 3.36. The van der Waals surface area contributed by atoms with E-state index in [9.17, 15) is 14.4 Å². The second kappa shape index (κ2) is 9.45. The number of amides is 1. The molecule has 0 radical (unpaired) electrons. The van der Waals surface area contributed by atoms with Crippen molar-refractivity contribution in [3.63, 3.8) is 0 Å². The van der Waals surface area contributed by atoms with Gasteiger partial charge < -0.3 is 18.8 Å². The van der Waals surface area contributed by atoms with Gasteiger partial charge in [-0.3, -0.25) is 4.79 Å². The molecule has 1 spiro atoms. The number of rotatable bonds is 2. The van der Waals surface area contributed by atoms with E-state index in [0.29, 0.717) is 17.9 Å². The number of ketones is 1. The van der Waals surface area contributed by atoms with E-state index in [1.165, 1.54) is 4.57 Å². The molecule has 2 aliphatic rings. The van der Waals surface area contributed by atoms with Crippen molar-refractivity contribution in [2.75, 3.05) is 7.11 Å². The SMILES string of the molecule is COc1ccc(C2c3c(n(C)/c(=N\C(=O)OC(C)(C)C)n3C(=O)OC(C)(C)C)CC23C=CC(=O)C=C3)cc1. The summed E-state index contributed by atoms with van der Waals surface area (Å²) in [6.45, 7) is 10.6. The Hall–Kier alpha value is -3.88. The summed E-state index contributed by atoms with van der Waals surface area (Å²) < 4.78 is 19.7. The number of benzene rings is 1. The maximum Gasteiger partial charge on any atom is 0.437 e. The van der Waals surface area contributed by atoms with E-state index in [4.69, 9.17) is 14.2 Å². The van der Waals surface area contributed by atoms with Crippen LogP contribution in [0, 0.1) is 5.41 Å². The van der Waals surface area contributed by atoms with Crippen molar-refractivity contribution < 1.29 is 28.6 Å². The fraction of sp³-hybridized carbons (Fsp3) is 0.448. The van der Waals surface area contributed by atoms with E-state index in [2.05, 4.69) is 4.99 Å². The molecule has 1 atom stereocenters. The molecule has 0 saturated heterocycles. The average molecular weight is 522 g/mol. The first kappa shape index (κ1) is 27.2. The molecule has 1 aromatic heterocycles. The summed E-state index contributed by atoms with van der Waals surface area (Å²) in [4.78, 5) is 42.8. The van der Waals surface area contributed by atoms with Gasteiger partial charge in [0.15, 0.2) is 5.78 Å². The zero-order chi connectivity index (χ0) is 28.0. The van der Waals surface area contributed by atoms with Crippen LogP contribution in [0.4, 0.5) is 9.59 Å². The van der Waals surface area contributed by atoms with Crippen LogP contribution in [-0.2, 0) is 27.7 Å². The van der Waals surface area contributed by atoms with E-state index in [1.807, 2.05) is 36.4 Å². The Kier molecular flexibility index (Phi) is 6.76. The smallest absolute Gasteiger partial charge is 0.437 e. The van der Waals surface area contributed by atoms with Crippen molar-refractivity contribution >= 4 is 18.0 Å². The molecule has 1 amide bonds. The Bertz CT molecular complexity index is 1390. The molecule has 202 valence electrons. The monoisotopic (exact) mass is 521 g/mol. The summed E-state index contributed by atoms with van der Waals surface area (Å²) >= 11 is 0. The molecule has 2 aliphatic carbocycles. The van der Waals surface area contributed by atoms with Gasteiger partial charge in [-0.25, -0.2) is 14.2 Å². The molecule has 0 saturated carbocycles. The third kappa shape index (κ3) is 5.23. The maximum absolute atomic E-state index is 13.7. The number of fused-ring (bicyclic) bond motifs is 1. The van der Waals surface area contributed by atoms with Crippen molar-refractivity contribution in [2.45, 2.75) is 65.1 Å². The van der Waals surface area contributed by atoms with Crippen molar-refractivity contribution in [2.24, 2.45) is 17.5 Å². The largest absolute Gasteiger partial charge is 0.497 e. The fourth-order valence-corrected chi connectivity index (χ4v) is 4.97. The number of hydrogen-bond acceptors (Lipinski definition) is 6. The van der Waals surface area contributed by atoms with Crippen LogP contribution < -0.4 is 10.4 Å². The van der Waals surface area contributed by atoms with Gasteiger partial charge in [0, 0.05) is 30.5 Å². The number of carbonyl (C=O) groups is 3. The first-order valence-electron chi connectivity index (χ1n) is 12.5. The topological polar surface area (TPSA) is 101 Å². The molecule has 0 N–H and O–H groups in total. The molecule has 38 heavy (non-hydrogen) atoms. The van der Waals surface area contributed by atoms with Crippen molar-refractivity contribution in [3.05, 3.63) is 71.1 Å². The lowest BCUT2D eigenvalue weighted by Gasteiger charge is -2.32. The standard InChI is InChI=1S/C29H35N3O6/c1-27(2,3)37-25(34)30-24-31(7)21-17-29(15-13-19(33)14-16-29)22(18-9-11-20(36-8)12-10-18)23(21)32(24)26(35)38-28(4,5)6/h9-16,22H,17H2,1-8H3/b30-24+. The molecular weight excluding hydrogens is 486 g/mol. The highest BCUT2D eigenvalue weighted by atomic mass is 16.6. The van der Waals surface area contributed by atoms with Crippen molar-refractivity contribution in [1.29, 1.82) is 0 Å². The summed E-state index contributed by atoms with van der Waals surface area (Å²) in [5.74, 6) is 0.214. The van der Waals surface area contributed by atoms with Gasteiger partial charge in [0.1, 0.15) is 17.0 Å². The number of imidazole rings is 1. The molecule has 0 aliphatic heterocycles. The van der Waals surface area contributed by atoms with Crippen LogP contribution in [0.1, 0.15) is 64.4 Å². The zero-order valence-electron chi connectivity index (χ0n) is 23.2. The first-order chi connectivity index (χ1) is 17.6. The second-order valence-electron chi connectivity index (χ2n) is 11.7. The number of methoxy groups -OCH3 is 1. The third-order valence-corrected chi connectivity index (χ3v) is 6.45. The van der Waals surface area contributed by atoms with Crippen LogP contribution in [0.15, 0.2) is 53.6 Å². The minimum Gasteiger partial charge on any atom is -0.497 e. The Morgan fingerprint density at radius 2 is 1.55 bits per heavy atom.